The maximum atomic E-state index is 14.1. The van der Waals surface area contributed by atoms with Crippen molar-refractivity contribution in [3.8, 4) is 23.0 Å². The van der Waals surface area contributed by atoms with Gasteiger partial charge < -0.3 is 23.7 Å². The van der Waals surface area contributed by atoms with E-state index in [-0.39, 0.29) is 24.5 Å². The Morgan fingerprint density at radius 3 is 2.56 bits per heavy atom. The van der Waals surface area contributed by atoms with Gasteiger partial charge in [0.25, 0.3) is 5.56 Å². The molecule has 0 unspecified atom stereocenters. The van der Waals surface area contributed by atoms with Crippen LogP contribution in [0.15, 0.2) is 82.1 Å². The minimum absolute atomic E-state index is 0.158. The lowest BCUT2D eigenvalue weighted by atomic mass is 9.93. The molecule has 1 atom stereocenters. The Bertz CT molecular complexity index is 1860. The van der Waals surface area contributed by atoms with E-state index in [9.17, 15) is 9.59 Å². The van der Waals surface area contributed by atoms with Gasteiger partial charge in [-0.25, -0.2) is 9.79 Å². The smallest absolute Gasteiger partial charge is 0.338 e. The third kappa shape index (κ3) is 4.76. The standard InChI is InChI=1S/C31H26N2O7S/c1-4-38-30(35)26-27(19-8-6-5-7-9-19)32-31-33(28(26)20-11-13-21(36-2)23(16-20)37-3)29(34)25(41-31)15-18-10-12-22-24(14-18)40-17-39-22/h5-16,28H,4,17H2,1-3H3/b25-15-/t28-/m1/s1. The van der Waals surface area contributed by atoms with Crippen molar-refractivity contribution in [3.05, 3.63) is 109 Å². The van der Waals surface area contributed by atoms with Crippen LogP contribution in [0, 0.1) is 0 Å². The fourth-order valence-electron chi connectivity index (χ4n) is 4.93. The molecule has 2 aliphatic heterocycles. The van der Waals surface area contributed by atoms with Crippen molar-refractivity contribution in [1.29, 1.82) is 0 Å². The molecule has 0 saturated heterocycles. The van der Waals surface area contributed by atoms with Crippen LogP contribution in [-0.4, -0.2) is 38.2 Å². The number of hydrogen-bond donors (Lipinski definition) is 0. The van der Waals surface area contributed by atoms with Crippen LogP contribution in [0.3, 0.4) is 0 Å². The van der Waals surface area contributed by atoms with Crippen molar-refractivity contribution in [2.75, 3.05) is 27.6 Å². The van der Waals surface area contributed by atoms with E-state index >= 15 is 0 Å². The van der Waals surface area contributed by atoms with Crippen molar-refractivity contribution in [3.63, 3.8) is 0 Å². The zero-order valence-corrected chi connectivity index (χ0v) is 23.4. The summed E-state index contributed by atoms with van der Waals surface area (Å²) < 4.78 is 29.5. The predicted molar refractivity (Wildman–Crippen MR) is 153 cm³/mol. The molecule has 0 amide bonds. The second-order valence-corrected chi connectivity index (χ2v) is 10.2. The van der Waals surface area contributed by atoms with Gasteiger partial charge in [-0.3, -0.25) is 9.36 Å². The molecule has 0 spiro atoms. The monoisotopic (exact) mass is 570 g/mol. The average Bonchev–Trinajstić information content (AvgIpc) is 3.60. The first-order valence-corrected chi connectivity index (χ1v) is 13.7. The Labute approximate surface area is 239 Å². The molecule has 41 heavy (non-hydrogen) atoms. The normalized spacial score (nSPS) is 15.8. The van der Waals surface area contributed by atoms with Crippen molar-refractivity contribution < 1.29 is 28.5 Å². The first-order chi connectivity index (χ1) is 20.0. The third-order valence-corrected chi connectivity index (χ3v) is 7.77. The molecule has 6 rings (SSSR count). The Morgan fingerprint density at radius 2 is 1.80 bits per heavy atom. The zero-order chi connectivity index (χ0) is 28.5. The van der Waals surface area contributed by atoms with E-state index in [1.165, 1.54) is 18.4 Å². The second-order valence-electron chi connectivity index (χ2n) is 9.16. The van der Waals surface area contributed by atoms with Crippen LogP contribution in [0.25, 0.3) is 11.8 Å². The molecule has 0 N–H and O–H groups in total. The molecule has 9 nitrogen and oxygen atoms in total. The maximum absolute atomic E-state index is 14.1. The van der Waals surface area contributed by atoms with Gasteiger partial charge in [0.1, 0.15) is 0 Å². The lowest BCUT2D eigenvalue weighted by Gasteiger charge is -2.26. The fourth-order valence-corrected chi connectivity index (χ4v) is 5.93. The summed E-state index contributed by atoms with van der Waals surface area (Å²) in [7, 11) is 3.09. The molecule has 2 aliphatic rings. The van der Waals surface area contributed by atoms with E-state index in [2.05, 4.69) is 0 Å². The van der Waals surface area contributed by atoms with Crippen molar-refractivity contribution in [1.82, 2.24) is 4.57 Å². The molecule has 0 radical (unpaired) electrons. The van der Waals surface area contributed by atoms with Gasteiger partial charge in [-0.1, -0.05) is 53.8 Å². The van der Waals surface area contributed by atoms with Crippen LogP contribution in [0.5, 0.6) is 23.0 Å². The molecule has 3 heterocycles. The molecule has 0 aliphatic carbocycles. The summed E-state index contributed by atoms with van der Waals surface area (Å²) in [6.07, 6.45) is 1.79. The SMILES string of the molecule is CCOC(=O)C1=C(c2ccccc2)N=c2s/c(=C\c3ccc4c(c3)OCO4)c(=O)n2[C@@H]1c1ccc(OC)c(OC)c1. The quantitative estimate of drug-likeness (QED) is 0.313. The highest BCUT2D eigenvalue weighted by Gasteiger charge is 2.35. The van der Waals surface area contributed by atoms with E-state index < -0.39 is 12.0 Å². The molecule has 0 bridgehead atoms. The Balaban J connectivity index is 1.63. The molecule has 4 aromatic rings. The molecule has 0 saturated carbocycles. The molecular weight excluding hydrogens is 544 g/mol. The van der Waals surface area contributed by atoms with E-state index in [1.807, 2.05) is 54.6 Å². The summed E-state index contributed by atoms with van der Waals surface area (Å²) in [5.41, 5.74) is 2.56. The van der Waals surface area contributed by atoms with E-state index in [0.717, 1.165) is 11.1 Å². The van der Waals surface area contributed by atoms with Gasteiger partial charge >= 0.3 is 5.97 Å². The lowest BCUT2D eigenvalue weighted by molar-refractivity contribution is -0.138. The number of nitrogens with zero attached hydrogens (tertiary/aromatic N) is 2. The third-order valence-electron chi connectivity index (χ3n) is 6.79. The zero-order valence-electron chi connectivity index (χ0n) is 22.6. The average molecular weight is 571 g/mol. The number of carbonyl (C=O) groups excluding carboxylic acids is 1. The number of fused-ring (bicyclic) bond motifs is 2. The second kappa shape index (κ2) is 11.0. The minimum atomic E-state index is -0.834. The summed E-state index contributed by atoms with van der Waals surface area (Å²) in [6.45, 7) is 2.06. The van der Waals surface area contributed by atoms with Gasteiger partial charge in [0.05, 0.1) is 42.7 Å². The summed E-state index contributed by atoms with van der Waals surface area (Å²) in [4.78, 5) is 33.0. The summed E-state index contributed by atoms with van der Waals surface area (Å²) >= 11 is 1.25. The maximum Gasteiger partial charge on any atom is 0.338 e. The highest BCUT2D eigenvalue weighted by atomic mass is 32.1. The minimum Gasteiger partial charge on any atom is -0.493 e. The van der Waals surface area contributed by atoms with Crippen LogP contribution in [-0.2, 0) is 9.53 Å². The molecular formula is C31H26N2O7S. The van der Waals surface area contributed by atoms with Crippen molar-refractivity contribution >= 4 is 29.1 Å². The molecule has 1 aromatic heterocycles. The van der Waals surface area contributed by atoms with Gasteiger partial charge in [0, 0.05) is 5.56 Å². The van der Waals surface area contributed by atoms with Crippen LogP contribution in [0.2, 0.25) is 0 Å². The Morgan fingerprint density at radius 1 is 1.02 bits per heavy atom. The highest BCUT2D eigenvalue weighted by molar-refractivity contribution is 7.07. The summed E-state index contributed by atoms with van der Waals surface area (Å²) in [5, 5.41) is 0. The number of esters is 1. The first kappa shape index (κ1) is 26.4. The van der Waals surface area contributed by atoms with E-state index in [4.69, 9.17) is 28.7 Å². The predicted octanol–water partition coefficient (Wildman–Crippen LogP) is 3.68. The Hall–Kier alpha value is -4.83. The van der Waals surface area contributed by atoms with Gasteiger partial charge in [-0.2, -0.15) is 0 Å². The first-order valence-electron chi connectivity index (χ1n) is 12.9. The van der Waals surface area contributed by atoms with E-state index in [0.29, 0.717) is 43.6 Å². The van der Waals surface area contributed by atoms with E-state index in [1.54, 1.807) is 36.8 Å². The summed E-state index contributed by atoms with van der Waals surface area (Å²) in [5.74, 6) is 1.71. The van der Waals surface area contributed by atoms with Crippen LogP contribution in [0.1, 0.15) is 29.7 Å². The van der Waals surface area contributed by atoms with Crippen LogP contribution < -0.4 is 33.8 Å². The van der Waals surface area contributed by atoms with Crippen LogP contribution >= 0.6 is 11.3 Å². The number of benzene rings is 3. The summed E-state index contributed by atoms with van der Waals surface area (Å²) in [6, 6.07) is 19.4. The number of aromatic nitrogens is 1. The van der Waals surface area contributed by atoms with Gasteiger partial charge in [-0.15, -0.1) is 0 Å². The molecule has 3 aromatic carbocycles. The van der Waals surface area contributed by atoms with Gasteiger partial charge in [-0.05, 0) is 48.4 Å². The molecule has 0 fully saturated rings. The number of carbonyl (C=O) groups is 1. The fraction of sp³-hybridized carbons (Fsp3) is 0.194. The highest BCUT2D eigenvalue weighted by Crippen LogP contribution is 2.38. The number of methoxy groups -OCH3 is 2. The molecule has 208 valence electrons. The number of ether oxygens (including phenoxy) is 5. The molecule has 10 heteroatoms. The Kier molecular flexibility index (Phi) is 7.07. The lowest BCUT2D eigenvalue weighted by Crippen LogP contribution is -2.40. The van der Waals surface area contributed by atoms with Crippen molar-refractivity contribution in [2.24, 2.45) is 4.99 Å². The number of rotatable bonds is 7. The largest absolute Gasteiger partial charge is 0.493 e. The topological polar surface area (TPSA) is 97.6 Å². The van der Waals surface area contributed by atoms with Gasteiger partial charge in [0.15, 0.2) is 27.8 Å². The number of hydrogen-bond acceptors (Lipinski definition) is 9. The van der Waals surface area contributed by atoms with Gasteiger partial charge in [0.2, 0.25) is 6.79 Å². The van der Waals surface area contributed by atoms with Crippen LogP contribution in [0.4, 0.5) is 0 Å². The number of thiazole rings is 1. The van der Waals surface area contributed by atoms with Crippen molar-refractivity contribution in [2.45, 2.75) is 13.0 Å².